The summed E-state index contributed by atoms with van der Waals surface area (Å²) in [4.78, 5) is 37.2. The molecule has 2 heterocycles. The third-order valence-electron chi connectivity index (χ3n) is 9.49. The van der Waals surface area contributed by atoms with Gasteiger partial charge in [0.25, 0.3) is 39.7 Å². The maximum atomic E-state index is 12.4. The lowest BCUT2D eigenvalue weighted by Crippen LogP contribution is -2.05. The monoisotopic (exact) mass is 977 g/mol. The van der Waals surface area contributed by atoms with E-state index < -0.39 is 20.2 Å². The number of carbonyl (C=O) groups is 3. The molecule has 0 fully saturated rings. The van der Waals surface area contributed by atoms with Crippen LogP contribution in [0.3, 0.4) is 0 Å². The number of aromatic nitrogens is 1. The fraction of sp³-hybridized carbons (Fsp3) is 0.136. The van der Waals surface area contributed by atoms with Crippen LogP contribution in [0.2, 0.25) is 0 Å². The summed E-state index contributed by atoms with van der Waals surface area (Å²) >= 11 is 0.944. The second kappa shape index (κ2) is 22.3. The lowest BCUT2D eigenvalue weighted by atomic mass is 10.0. The molecule has 2 aromatic heterocycles. The first-order valence-electron chi connectivity index (χ1n) is 19.4. The third-order valence-corrected chi connectivity index (χ3v) is 13.0. The minimum absolute atomic E-state index is 0.00495. The molecule has 0 radical (unpaired) electrons. The number of hydrogen-bond donors (Lipinski definition) is 2. The minimum Gasteiger partial charge on any atom is -0.463 e. The van der Waals surface area contributed by atoms with Crippen LogP contribution in [0, 0.1) is 29.6 Å². The van der Waals surface area contributed by atoms with Crippen molar-refractivity contribution in [2.45, 2.75) is 36.5 Å². The first kappa shape index (κ1) is 49.2. The summed E-state index contributed by atoms with van der Waals surface area (Å²) < 4.78 is 73.1. The molecule has 0 bridgehead atoms. The molecule has 6 aromatic rings. The van der Waals surface area contributed by atoms with Gasteiger partial charge in [-0.3, -0.25) is 22.7 Å². The maximum Gasteiger partial charge on any atom is 0.296 e. The van der Waals surface area contributed by atoms with Gasteiger partial charge in [0, 0.05) is 22.5 Å². The van der Waals surface area contributed by atoms with Gasteiger partial charge in [-0.25, -0.2) is 4.98 Å². The Bertz CT molecular complexity index is 3190. The van der Waals surface area contributed by atoms with E-state index >= 15 is 0 Å². The van der Waals surface area contributed by atoms with Crippen molar-refractivity contribution in [1.82, 2.24) is 4.98 Å². The predicted octanol–water partition coefficient (Wildman–Crippen LogP) is 8.87. The standard InChI is InChI=1S/C44H35N9O12S3/c1-27-37(19-45)41(47-32-8-12-35(13-9-32)67(57,58)61-2)49-42(48-33-10-14-36(15-11-33)68(59,60)62-3)40(27)51-52-43-38(20-46)39(31-6-4-28(5-7-31)21-63-24-54)44(66-43)53-50-34-17-29(22-64-25-55)16-30(18-34)23-65-26-56/h4-18,24-26H,21-23H2,1-3H3,(H2,47,48,49). The van der Waals surface area contributed by atoms with E-state index in [0.29, 0.717) is 45.7 Å². The molecule has 4 aromatic carbocycles. The summed E-state index contributed by atoms with van der Waals surface area (Å²) in [6.45, 7) is 2.23. The normalized spacial score (nSPS) is 11.4. The average molecular weight is 978 g/mol. The van der Waals surface area contributed by atoms with Gasteiger partial charge in [-0.2, -0.15) is 27.4 Å². The highest BCUT2D eigenvalue weighted by atomic mass is 32.2. The summed E-state index contributed by atoms with van der Waals surface area (Å²) in [5, 5.41) is 45.5. The lowest BCUT2D eigenvalue weighted by Gasteiger charge is -2.16. The Kier molecular flexibility index (Phi) is 16.1. The second-order valence-electron chi connectivity index (χ2n) is 13.7. The van der Waals surface area contributed by atoms with Gasteiger partial charge in [0.15, 0.2) is 16.6 Å². The van der Waals surface area contributed by atoms with Crippen molar-refractivity contribution in [3.05, 3.63) is 124 Å². The molecule has 68 heavy (non-hydrogen) atoms. The molecule has 0 saturated carbocycles. The largest absolute Gasteiger partial charge is 0.463 e. The highest BCUT2D eigenvalue weighted by molar-refractivity contribution is 7.87. The molecule has 21 nitrogen and oxygen atoms in total. The van der Waals surface area contributed by atoms with E-state index in [9.17, 15) is 41.7 Å². The molecule has 0 aliphatic rings. The van der Waals surface area contributed by atoms with Crippen molar-refractivity contribution in [2.75, 3.05) is 24.9 Å². The minimum atomic E-state index is -4.03. The molecule has 0 aliphatic heterocycles. The van der Waals surface area contributed by atoms with Gasteiger partial charge in [0.1, 0.15) is 48.2 Å². The Morgan fingerprint density at radius 1 is 0.618 bits per heavy atom. The number of benzene rings is 4. The van der Waals surface area contributed by atoms with Crippen molar-refractivity contribution in [3.8, 4) is 23.3 Å². The van der Waals surface area contributed by atoms with Crippen molar-refractivity contribution >= 4 is 95.4 Å². The van der Waals surface area contributed by atoms with E-state index in [0.717, 1.165) is 25.6 Å². The topological polar surface area (TPSA) is 300 Å². The van der Waals surface area contributed by atoms with Crippen LogP contribution in [0.4, 0.5) is 44.4 Å². The van der Waals surface area contributed by atoms with Gasteiger partial charge in [0.05, 0.1) is 35.3 Å². The summed E-state index contributed by atoms with van der Waals surface area (Å²) in [5.74, 6) is 0.0423. The number of nitriles is 2. The predicted molar refractivity (Wildman–Crippen MR) is 243 cm³/mol. The molecular weight excluding hydrogens is 943 g/mol. The van der Waals surface area contributed by atoms with E-state index in [4.69, 9.17) is 14.2 Å². The van der Waals surface area contributed by atoms with Crippen molar-refractivity contribution in [3.63, 3.8) is 0 Å². The van der Waals surface area contributed by atoms with Crippen LogP contribution in [0.5, 0.6) is 0 Å². The first-order chi connectivity index (χ1) is 32.8. The third kappa shape index (κ3) is 11.8. The number of pyridine rings is 1. The number of ether oxygens (including phenoxy) is 3. The number of nitrogens with one attached hydrogen (secondary N) is 2. The highest BCUT2D eigenvalue weighted by Gasteiger charge is 2.23. The molecule has 0 atom stereocenters. The first-order valence-corrected chi connectivity index (χ1v) is 23.0. The van der Waals surface area contributed by atoms with Gasteiger partial charge >= 0.3 is 0 Å². The van der Waals surface area contributed by atoms with Crippen molar-refractivity contribution < 1.29 is 53.8 Å². The number of nitrogens with zero attached hydrogens (tertiary/aromatic N) is 7. The van der Waals surface area contributed by atoms with E-state index in [1.54, 1.807) is 49.4 Å². The molecule has 0 spiro atoms. The fourth-order valence-electron chi connectivity index (χ4n) is 6.25. The van der Waals surface area contributed by atoms with Crippen LogP contribution in [0.15, 0.2) is 121 Å². The number of carbonyl (C=O) groups excluding carboxylic acids is 3. The number of hydrogen-bond acceptors (Lipinski definition) is 22. The van der Waals surface area contributed by atoms with Gasteiger partial charge in [0.2, 0.25) is 0 Å². The summed E-state index contributed by atoms with van der Waals surface area (Å²) in [5.41, 5.74) is 3.79. The zero-order valence-electron chi connectivity index (χ0n) is 35.8. The van der Waals surface area contributed by atoms with Gasteiger partial charge in [-0.1, -0.05) is 35.6 Å². The Balaban J connectivity index is 1.49. The molecule has 24 heteroatoms. The molecular formula is C44H35N9O12S3. The number of azo groups is 2. The van der Waals surface area contributed by atoms with E-state index in [-0.39, 0.29) is 92.3 Å². The fourth-order valence-corrected chi connectivity index (χ4v) is 8.49. The van der Waals surface area contributed by atoms with Crippen LogP contribution in [-0.2, 0) is 77.0 Å². The average Bonchev–Trinajstić information content (AvgIpc) is 3.71. The van der Waals surface area contributed by atoms with Crippen LogP contribution in [0.25, 0.3) is 11.1 Å². The van der Waals surface area contributed by atoms with Crippen molar-refractivity contribution in [1.29, 1.82) is 10.5 Å². The molecule has 0 saturated heterocycles. The smallest absolute Gasteiger partial charge is 0.296 e. The number of thiophene rings is 1. The van der Waals surface area contributed by atoms with Crippen LogP contribution in [-0.4, -0.2) is 55.5 Å². The highest BCUT2D eigenvalue weighted by Crippen LogP contribution is 2.49. The maximum absolute atomic E-state index is 12.4. The zero-order chi connectivity index (χ0) is 48.8. The molecule has 6 rings (SSSR count). The Morgan fingerprint density at radius 3 is 1.59 bits per heavy atom. The Morgan fingerprint density at radius 2 is 1.10 bits per heavy atom. The van der Waals surface area contributed by atoms with Crippen LogP contribution >= 0.6 is 11.3 Å². The second-order valence-corrected chi connectivity index (χ2v) is 18.1. The van der Waals surface area contributed by atoms with E-state index in [2.05, 4.69) is 56.6 Å². The molecule has 2 N–H and O–H groups in total. The molecule has 0 amide bonds. The molecule has 0 aliphatic carbocycles. The van der Waals surface area contributed by atoms with E-state index in [1.165, 1.54) is 48.5 Å². The summed E-state index contributed by atoms with van der Waals surface area (Å²) in [6.07, 6.45) is 0. The number of rotatable bonds is 22. The van der Waals surface area contributed by atoms with Gasteiger partial charge in [-0.15, -0.1) is 20.5 Å². The van der Waals surface area contributed by atoms with E-state index in [1.807, 2.05) is 0 Å². The SMILES string of the molecule is COS(=O)(=O)c1ccc(Nc2nc(Nc3ccc(S(=O)(=O)OC)cc3)c(N=Nc3sc(N=Nc4cc(COC=O)cc(COC=O)c4)c(-c4ccc(COC=O)cc4)c3C#N)c(C)c2C#N)cc1. The quantitative estimate of drug-likeness (QED) is 0.0278. The lowest BCUT2D eigenvalue weighted by molar-refractivity contribution is -0.130. The van der Waals surface area contributed by atoms with Crippen LogP contribution in [0.1, 0.15) is 33.4 Å². The number of anilines is 4. The Hall–Kier alpha value is -8.26. The Labute approximate surface area is 392 Å². The zero-order valence-corrected chi connectivity index (χ0v) is 38.2. The summed E-state index contributed by atoms with van der Waals surface area (Å²) in [6, 6.07) is 26.9. The molecule has 346 valence electrons. The summed E-state index contributed by atoms with van der Waals surface area (Å²) in [7, 11) is -5.97. The molecule has 0 unspecified atom stereocenters. The van der Waals surface area contributed by atoms with Crippen molar-refractivity contribution in [2.24, 2.45) is 20.5 Å². The van der Waals surface area contributed by atoms with Crippen LogP contribution < -0.4 is 10.6 Å². The van der Waals surface area contributed by atoms with Gasteiger partial charge in [-0.05, 0) is 95.9 Å². The van der Waals surface area contributed by atoms with Gasteiger partial charge < -0.3 is 24.8 Å².